The van der Waals surface area contributed by atoms with Crippen LogP contribution in [-0.2, 0) is 0 Å². The van der Waals surface area contributed by atoms with Gasteiger partial charge in [0.25, 0.3) is 0 Å². The number of nitrogen functional groups attached to an aromatic ring is 1. The molecule has 3 nitrogen and oxygen atoms in total. The number of hydrogen-bond acceptors (Lipinski definition) is 3. The second kappa shape index (κ2) is 3.09. The Bertz CT molecular complexity index is 275. The van der Waals surface area contributed by atoms with E-state index in [1.807, 2.05) is 6.92 Å². The molecule has 0 atom stereocenters. The van der Waals surface area contributed by atoms with Gasteiger partial charge in [0.1, 0.15) is 10.4 Å². The van der Waals surface area contributed by atoms with Crippen LogP contribution >= 0.6 is 15.9 Å². The van der Waals surface area contributed by atoms with Gasteiger partial charge < -0.3 is 10.5 Å². The SMILES string of the molecule is COc1cc(N)c(Br)nc1C. The minimum Gasteiger partial charge on any atom is -0.495 e. The standard InChI is InChI=1S/C7H9BrN2O/c1-4-6(11-2)3-5(9)7(8)10-4/h3H,9H2,1-2H3. The summed E-state index contributed by atoms with van der Waals surface area (Å²) in [5, 5.41) is 0. The van der Waals surface area contributed by atoms with Crippen molar-refractivity contribution in [2.75, 3.05) is 12.8 Å². The summed E-state index contributed by atoms with van der Waals surface area (Å²) in [7, 11) is 1.59. The summed E-state index contributed by atoms with van der Waals surface area (Å²) in [6, 6.07) is 1.74. The van der Waals surface area contributed by atoms with Crippen molar-refractivity contribution in [1.29, 1.82) is 0 Å². The lowest BCUT2D eigenvalue weighted by Gasteiger charge is -2.05. The molecule has 0 aliphatic rings. The van der Waals surface area contributed by atoms with E-state index in [2.05, 4.69) is 20.9 Å². The molecular weight excluding hydrogens is 208 g/mol. The number of anilines is 1. The van der Waals surface area contributed by atoms with Crippen LogP contribution in [0.3, 0.4) is 0 Å². The number of ether oxygens (including phenoxy) is 1. The molecule has 0 bridgehead atoms. The maximum atomic E-state index is 5.58. The van der Waals surface area contributed by atoms with Crippen LogP contribution in [-0.4, -0.2) is 12.1 Å². The first kappa shape index (κ1) is 8.33. The first-order valence-electron chi connectivity index (χ1n) is 3.11. The van der Waals surface area contributed by atoms with E-state index in [1.165, 1.54) is 0 Å². The Morgan fingerprint density at radius 1 is 1.64 bits per heavy atom. The van der Waals surface area contributed by atoms with Crippen molar-refractivity contribution >= 4 is 21.6 Å². The summed E-state index contributed by atoms with van der Waals surface area (Å²) in [5.74, 6) is 0.714. The molecular formula is C7H9BrN2O. The van der Waals surface area contributed by atoms with Gasteiger partial charge in [-0.2, -0.15) is 0 Å². The van der Waals surface area contributed by atoms with Gasteiger partial charge in [-0.25, -0.2) is 4.98 Å². The molecule has 0 amide bonds. The van der Waals surface area contributed by atoms with Crippen molar-refractivity contribution in [3.8, 4) is 5.75 Å². The number of methoxy groups -OCH3 is 1. The van der Waals surface area contributed by atoms with Crippen molar-refractivity contribution in [2.45, 2.75) is 6.92 Å². The lowest BCUT2D eigenvalue weighted by Crippen LogP contribution is -1.95. The van der Waals surface area contributed by atoms with Gasteiger partial charge in [-0.05, 0) is 22.9 Å². The zero-order valence-corrected chi connectivity index (χ0v) is 7.97. The highest BCUT2D eigenvalue weighted by Gasteiger charge is 2.03. The van der Waals surface area contributed by atoms with E-state index < -0.39 is 0 Å². The summed E-state index contributed by atoms with van der Waals surface area (Å²) in [6.07, 6.45) is 0. The van der Waals surface area contributed by atoms with Crippen molar-refractivity contribution in [1.82, 2.24) is 4.98 Å². The third-order valence-electron chi connectivity index (χ3n) is 1.37. The number of hydrogen-bond donors (Lipinski definition) is 1. The third kappa shape index (κ3) is 1.63. The average Bonchev–Trinajstić information content (AvgIpc) is 1.97. The Labute approximate surface area is 73.7 Å². The summed E-state index contributed by atoms with van der Waals surface area (Å²) in [5.41, 5.74) is 6.99. The molecule has 1 rings (SSSR count). The molecule has 0 aliphatic heterocycles. The van der Waals surface area contributed by atoms with Crippen molar-refractivity contribution in [3.05, 3.63) is 16.4 Å². The summed E-state index contributed by atoms with van der Waals surface area (Å²) in [4.78, 5) is 4.11. The van der Waals surface area contributed by atoms with E-state index in [-0.39, 0.29) is 0 Å². The topological polar surface area (TPSA) is 48.1 Å². The molecule has 1 aromatic heterocycles. The second-order valence-corrected chi connectivity index (χ2v) is 2.91. The van der Waals surface area contributed by atoms with Gasteiger partial charge in [0.15, 0.2) is 0 Å². The molecule has 0 aliphatic carbocycles. The molecule has 2 N–H and O–H groups in total. The quantitative estimate of drug-likeness (QED) is 0.729. The molecule has 0 saturated carbocycles. The second-order valence-electron chi connectivity index (χ2n) is 2.16. The number of nitrogens with two attached hydrogens (primary N) is 1. The lowest BCUT2D eigenvalue weighted by atomic mass is 10.3. The van der Waals surface area contributed by atoms with Gasteiger partial charge in [0.05, 0.1) is 18.5 Å². The largest absolute Gasteiger partial charge is 0.495 e. The van der Waals surface area contributed by atoms with E-state index >= 15 is 0 Å². The van der Waals surface area contributed by atoms with Crippen LogP contribution in [0.2, 0.25) is 0 Å². The maximum absolute atomic E-state index is 5.58. The highest BCUT2D eigenvalue weighted by molar-refractivity contribution is 9.10. The molecule has 60 valence electrons. The monoisotopic (exact) mass is 216 g/mol. The molecule has 0 fully saturated rings. The summed E-state index contributed by atoms with van der Waals surface area (Å²) >= 11 is 3.22. The molecule has 1 aromatic rings. The van der Waals surface area contributed by atoms with Gasteiger partial charge in [-0.1, -0.05) is 0 Å². The van der Waals surface area contributed by atoms with Crippen LogP contribution in [0.1, 0.15) is 5.69 Å². The fourth-order valence-corrected chi connectivity index (χ4v) is 1.16. The molecule has 0 radical (unpaired) electrons. The zero-order chi connectivity index (χ0) is 8.43. The van der Waals surface area contributed by atoms with E-state index in [0.29, 0.717) is 16.0 Å². The number of pyridine rings is 1. The number of rotatable bonds is 1. The average molecular weight is 217 g/mol. The predicted octanol–water partition coefficient (Wildman–Crippen LogP) is 1.74. The Balaban J connectivity index is 3.21. The van der Waals surface area contributed by atoms with Gasteiger partial charge in [0.2, 0.25) is 0 Å². The van der Waals surface area contributed by atoms with Crippen LogP contribution in [0, 0.1) is 6.92 Å². The molecule has 11 heavy (non-hydrogen) atoms. The highest BCUT2D eigenvalue weighted by atomic mass is 79.9. The summed E-state index contributed by atoms with van der Waals surface area (Å²) in [6.45, 7) is 1.86. The highest BCUT2D eigenvalue weighted by Crippen LogP contribution is 2.24. The Hall–Kier alpha value is -0.770. The van der Waals surface area contributed by atoms with Crippen molar-refractivity contribution in [3.63, 3.8) is 0 Å². The van der Waals surface area contributed by atoms with Gasteiger partial charge in [0, 0.05) is 6.07 Å². The number of aryl methyl sites for hydroxylation is 1. The Morgan fingerprint density at radius 3 is 2.82 bits per heavy atom. The first-order chi connectivity index (χ1) is 5.15. The van der Waals surface area contributed by atoms with Crippen LogP contribution in [0.25, 0.3) is 0 Å². The zero-order valence-electron chi connectivity index (χ0n) is 6.39. The van der Waals surface area contributed by atoms with E-state index in [1.54, 1.807) is 13.2 Å². The Morgan fingerprint density at radius 2 is 2.27 bits per heavy atom. The molecule has 4 heteroatoms. The Kier molecular flexibility index (Phi) is 2.34. The van der Waals surface area contributed by atoms with E-state index in [9.17, 15) is 0 Å². The molecule has 0 spiro atoms. The number of nitrogens with zero attached hydrogens (tertiary/aromatic N) is 1. The van der Waals surface area contributed by atoms with Crippen LogP contribution in [0.5, 0.6) is 5.75 Å². The fraction of sp³-hybridized carbons (Fsp3) is 0.286. The van der Waals surface area contributed by atoms with E-state index in [0.717, 1.165) is 5.69 Å². The smallest absolute Gasteiger partial charge is 0.142 e. The number of aromatic nitrogens is 1. The van der Waals surface area contributed by atoms with Crippen molar-refractivity contribution in [2.24, 2.45) is 0 Å². The van der Waals surface area contributed by atoms with Gasteiger partial charge in [-0.3, -0.25) is 0 Å². The van der Waals surface area contributed by atoms with Gasteiger partial charge in [-0.15, -0.1) is 0 Å². The normalized spacial score (nSPS) is 9.73. The third-order valence-corrected chi connectivity index (χ3v) is 2.00. The fourth-order valence-electron chi connectivity index (χ4n) is 0.779. The minimum atomic E-state index is 0.590. The number of halogens is 1. The van der Waals surface area contributed by atoms with Crippen LogP contribution in [0.4, 0.5) is 5.69 Å². The molecule has 0 aromatic carbocycles. The minimum absolute atomic E-state index is 0.590. The summed E-state index contributed by atoms with van der Waals surface area (Å²) < 4.78 is 5.68. The van der Waals surface area contributed by atoms with Crippen LogP contribution < -0.4 is 10.5 Å². The maximum Gasteiger partial charge on any atom is 0.142 e. The van der Waals surface area contributed by atoms with Gasteiger partial charge >= 0.3 is 0 Å². The van der Waals surface area contributed by atoms with Crippen molar-refractivity contribution < 1.29 is 4.74 Å². The lowest BCUT2D eigenvalue weighted by molar-refractivity contribution is 0.409. The van der Waals surface area contributed by atoms with Crippen LogP contribution in [0.15, 0.2) is 10.7 Å². The molecule has 1 heterocycles. The first-order valence-corrected chi connectivity index (χ1v) is 3.91. The molecule has 0 unspecified atom stereocenters. The molecule has 0 saturated heterocycles. The predicted molar refractivity (Wildman–Crippen MR) is 47.6 cm³/mol. The van der Waals surface area contributed by atoms with E-state index in [4.69, 9.17) is 10.5 Å².